The van der Waals surface area contributed by atoms with Crippen molar-refractivity contribution < 1.29 is 39.9 Å². The summed E-state index contributed by atoms with van der Waals surface area (Å²) in [6.07, 6.45) is -12.9. The fourth-order valence-corrected chi connectivity index (χ4v) is 4.95. The standard InChI is InChI=1S/C22H27ClF6N8O4S/c1-20(2,34-42(3,40)41)12-30-18-31-16(32-36(18)9-8-21(24,25)26)11-37-19(39)35(10-15(38)22(27,28)29)17(33-37)13-4-6-14(23)7-5-13/h4-7,15,34,38H,8-12H2,1-3H3,(H,30,31,32)/t15-/m0/s1. The van der Waals surface area contributed by atoms with Gasteiger partial charge >= 0.3 is 18.0 Å². The Morgan fingerprint density at radius 1 is 1.05 bits per heavy atom. The number of hydrogen-bond donors (Lipinski definition) is 3. The van der Waals surface area contributed by atoms with E-state index in [2.05, 4.69) is 25.2 Å². The Balaban J connectivity index is 1.98. The molecule has 0 fully saturated rings. The molecule has 1 atom stereocenters. The molecule has 0 radical (unpaired) electrons. The molecule has 0 unspecified atom stereocenters. The second-order valence-corrected chi connectivity index (χ2v) is 12.2. The molecule has 20 heteroatoms. The molecule has 3 N–H and O–H groups in total. The first-order chi connectivity index (χ1) is 19.1. The summed E-state index contributed by atoms with van der Waals surface area (Å²) < 4.78 is 106. The van der Waals surface area contributed by atoms with Crippen molar-refractivity contribution in [1.82, 2.24) is 33.8 Å². The number of sulfonamides is 1. The van der Waals surface area contributed by atoms with Crippen molar-refractivity contribution in [3.8, 4) is 11.4 Å². The molecule has 2 aromatic heterocycles. The third kappa shape index (κ3) is 9.43. The van der Waals surface area contributed by atoms with Crippen LogP contribution in [0.25, 0.3) is 11.4 Å². The van der Waals surface area contributed by atoms with Gasteiger partial charge in [0, 0.05) is 22.7 Å². The zero-order chi connectivity index (χ0) is 31.7. The first-order valence-corrected chi connectivity index (χ1v) is 14.3. The lowest BCUT2D eigenvalue weighted by atomic mass is 10.1. The Morgan fingerprint density at radius 3 is 2.21 bits per heavy atom. The van der Waals surface area contributed by atoms with Gasteiger partial charge in [0.05, 0.1) is 25.8 Å². The molecule has 0 amide bonds. The fraction of sp³-hybridized carbons (Fsp3) is 0.545. The molecular weight excluding hydrogens is 622 g/mol. The Labute approximate surface area is 240 Å². The number of benzene rings is 1. The monoisotopic (exact) mass is 648 g/mol. The normalized spacial score (nSPS) is 13.9. The number of alkyl halides is 6. The van der Waals surface area contributed by atoms with Crippen LogP contribution in [0.4, 0.5) is 32.3 Å². The summed E-state index contributed by atoms with van der Waals surface area (Å²) in [5.74, 6) is -0.654. The molecule has 234 valence electrons. The average Bonchev–Trinajstić information content (AvgIpc) is 3.35. The highest BCUT2D eigenvalue weighted by atomic mass is 35.5. The highest BCUT2D eigenvalue weighted by molar-refractivity contribution is 7.88. The summed E-state index contributed by atoms with van der Waals surface area (Å²) in [7, 11) is -3.64. The Kier molecular flexibility index (Phi) is 9.70. The second kappa shape index (κ2) is 12.2. The van der Waals surface area contributed by atoms with Crippen molar-refractivity contribution in [2.75, 3.05) is 18.1 Å². The van der Waals surface area contributed by atoms with E-state index in [4.69, 9.17) is 11.6 Å². The van der Waals surface area contributed by atoms with Crippen molar-refractivity contribution in [3.05, 3.63) is 45.6 Å². The number of nitrogens with one attached hydrogen (secondary N) is 2. The summed E-state index contributed by atoms with van der Waals surface area (Å²) in [6.45, 7) is 0.456. The SMILES string of the molecule is CC(C)(CNc1nc(Cn2nc(-c3ccc(Cl)cc3)n(C[C@H](O)C(F)(F)F)c2=O)nn1CCC(F)(F)F)NS(C)(=O)=O. The van der Waals surface area contributed by atoms with Crippen LogP contribution in [0.1, 0.15) is 26.1 Å². The number of halogens is 7. The van der Waals surface area contributed by atoms with Crippen molar-refractivity contribution >= 4 is 27.6 Å². The predicted molar refractivity (Wildman–Crippen MR) is 139 cm³/mol. The molecule has 0 saturated carbocycles. The average molecular weight is 649 g/mol. The van der Waals surface area contributed by atoms with Crippen molar-refractivity contribution in [2.24, 2.45) is 0 Å². The van der Waals surface area contributed by atoms with E-state index >= 15 is 0 Å². The first-order valence-electron chi connectivity index (χ1n) is 12.1. The minimum atomic E-state index is -5.04. The molecule has 2 heterocycles. The van der Waals surface area contributed by atoms with Crippen LogP contribution in [0.2, 0.25) is 5.02 Å². The molecule has 0 saturated heterocycles. The van der Waals surface area contributed by atoms with Gasteiger partial charge in [-0.2, -0.15) is 36.4 Å². The van der Waals surface area contributed by atoms with Crippen LogP contribution in [0.3, 0.4) is 0 Å². The van der Waals surface area contributed by atoms with Crippen LogP contribution in [0.5, 0.6) is 0 Å². The summed E-state index contributed by atoms with van der Waals surface area (Å²) in [5, 5.41) is 20.7. The van der Waals surface area contributed by atoms with Gasteiger partial charge in [-0.25, -0.2) is 27.3 Å². The van der Waals surface area contributed by atoms with Crippen LogP contribution in [-0.4, -0.2) is 79.4 Å². The molecule has 0 spiro atoms. The topological polar surface area (TPSA) is 149 Å². The van der Waals surface area contributed by atoms with Gasteiger partial charge in [0.15, 0.2) is 17.8 Å². The van der Waals surface area contributed by atoms with Gasteiger partial charge in [0.25, 0.3) is 0 Å². The maximum atomic E-state index is 13.1. The van der Waals surface area contributed by atoms with E-state index in [-0.39, 0.29) is 29.7 Å². The minimum absolute atomic E-state index is 0.130. The quantitative estimate of drug-likeness (QED) is 0.254. The van der Waals surface area contributed by atoms with E-state index in [0.29, 0.717) is 14.3 Å². The smallest absolute Gasteiger partial charge is 0.382 e. The van der Waals surface area contributed by atoms with E-state index in [1.807, 2.05) is 0 Å². The maximum absolute atomic E-state index is 13.1. The Bertz CT molecular complexity index is 1550. The number of aliphatic hydroxyl groups is 1. The summed E-state index contributed by atoms with van der Waals surface area (Å²) in [6, 6.07) is 5.60. The van der Waals surface area contributed by atoms with Gasteiger partial charge in [-0.15, -0.1) is 5.10 Å². The summed E-state index contributed by atoms with van der Waals surface area (Å²) in [4.78, 5) is 17.2. The maximum Gasteiger partial charge on any atom is 0.416 e. The third-order valence-corrected chi connectivity index (χ3v) is 6.70. The van der Waals surface area contributed by atoms with Crippen molar-refractivity contribution in [2.45, 2.75) is 63.9 Å². The highest BCUT2D eigenvalue weighted by Gasteiger charge is 2.39. The first kappa shape index (κ1) is 33.3. The number of anilines is 1. The van der Waals surface area contributed by atoms with Crippen LogP contribution >= 0.6 is 11.6 Å². The van der Waals surface area contributed by atoms with Gasteiger partial charge in [-0.1, -0.05) is 11.6 Å². The molecule has 3 rings (SSSR count). The molecule has 1 aromatic carbocycles. The molecular formula is C22H27ClF6N8O4S. The lowest BCUT2D eigenvalue weighted by molar-refractivity contribution is -0.207. The van der Waals surface area contributed by atoms with E-state index < -0.39 is 65.8 Å². The van der Waals surface area contributed by atoms with Gasteiger partial charge in [-0.3, -0.25) is 4.57 Å². The highest BCUT2D eigenvalue weighted by Crippen LogP contribution is 2.25. The number of hydrogen-bond acceptors (Lipinski definition) is 8. The summed E-state index contributed by atoms with van der Waals surface area (Å²) >= 11 is 5.87. The van der Waals surface area contributed by atoms with Crippen LogP contribution in [-0.2, 0) is 29.7 Å². The number of aromatic nitrogens is 6. The molecule has 0 aliphatic heterocycles. The van der Waals surface area contributed by atoms with Crippen molar-refractivity contribution in [1.29, 1.82) is 0 Å². The van der Waals surface area contributed by atoms with Crippen LogP contribution < -0.4 is 15.7 Å². The zero-order valence-electron chi connectivity index (χ0n) is 22.3. The van der Waals surface area contributed by atoms with E-state index in [1.54, 1.807) is 0 Å². The van der Waals surface area contributed by atoms with Crippen molar-refractivity contribution in [3.63, 3.8) is 0 Å². The Morgan fingerprint density at radius 2 is 1.67 bits per heavy atom. The van der Waals surface area contributed by atoms with Crippen LogP contribution in [0.15, 0.2) is 29.1 Å². The summed E-state index contributed by atoms with van der Waals surface area (Å²) in [5.41, 5.74) is -1.99. The minimum Gasteiger partial charge on any atom is -0.382 e. The molecule has 42 heavy (non-hydrogen) atoms. The number of rotatable bonds is 12. The predicted octanol–water partition coefficient (Wildman–Crippen LogP) is 2.62. The van der Waals surface area contributed by atoms with Gasteiger partial charge in [0.2, 0.25) is 16.0 Å². The van der Waals surface area contributed by atoms with Gasteiger partial charge < -0.3 is 10.4 Å². The largest absolute Gasteiger partial charge is 0.416 e. The van der Waals surface area contributed by atoms with E-state index in [0.717, 1.165) is 10.9 Å². The number of aliphatic hydroxyl groups excluding tert-OH is 1. The molecule has 0 aliphatic rings. The van der Waals surface area contributed by atoms with Crippen LogP contribution in [0, 0.1) is 0 Å². The second-order valence-electron chi connectivity index (χ2n) is 9.99. The fourth-order valence-electron chi connectivity index (χ4n) is 3.74. The molecule has 0 bridgehead atoms. The lowest BCUT2D eigenvalue weighted by Gasteiger charge is -2.25. The Hall–Kier alpha value is -3.16. The zero-order valence-corrected chi connectivity index (χ0v) is 23.9. The van der Waals surface area contributed by atoms with Gasteiger partial charge in [-0.05, 0) is 38.1 Å². The number of nitrogens with zero attached hydrogens (tertiary/aromatic N) is 6. The third-order valence-electron chi connectivity index (χ3n) is 5.52. The lowest BCUT2D eigenvalue weighted by Crippen LogP contribution is -2.48. The molecule has 3 aromatic rings. The number of aryl methyl sites for hydroxylation is 1. The molecule has 0 aliphatic carbocycles. The van der Waals surface area contributed by atoms with E-state index in [9.17, 15) is 44.7 Å². The molecule has 12 nitrogen and oxygen atoms in total. The van der Waals surface area contributed by atoms with E-state index in [1.165, 1.54) is 38.1 Å². The van der Waals surface area contributed by atoms with Gasteiger partial charge in [0.1, 0.15) is 6.54 Å².